The van der Waals surface area contributed by atoms with E-state index in [2.05, 4.69) is 14.5 Å². The van der Waals surface area contributed by atoms with Gasteiger partial charge in [0, 0.05) is 23.8 Å². The molecule has 0 saturated heterocycles. The molecule has 3 rings (SSSR count). The normalized spacial score (nSPS) is 11.0. The molecule has 108 valence electrons. The minimum absolute atomic E-state index is 0.533. The predicted molar refractivity (Wildman–Crippen MR) is 84.4 cm³/mol. The Morgan fingerprint density at radius 2 is 1.90 bits per heavy atom. The predicted octanol–water partition coefficient (Wildman–Crippen LogP) is 4.04. The average molecular weight is 321 g/mol. The molecule has 0 bridgehead atoms. The summed E-state index contributed by atoms with van der Waals surface area (Å²) < 4.78 is 4.06. The van der Waals surface area contributed by atoms with Gasteiger partial charge in [-0.15, -0.1) is 0 Å². The molecule has 2 heterocycles. The van der Waals surface area contributed by atoms with Crippen molar-refractivity contribution in [2.75, 3.05) is 0 Å². The monoisotopic (exact) mass is 320 g/mol. The summed E-state index contributed by atoms with van der Waals surface area (Å²) in [5.74, 6) is 0.983. The lowest BCUT2D eigenvalue weighted by atomic mass is 10.3. The van der Waals surface area contributed by atoms with E-state index >= 15 is 0 Å². The molecule has 3 aromatic rings. The van der Waals surface area contributed by atoms with Crippen LogP contribution in [0.15, 0.2) is 36.9 Å². The molecular formula is C15H14Cl2N4. The summed E-state index contributed by atoms with van der Waals surface area (Å²) >= 11 is 12.0. The van der Waals surface area contributed by atoms with Crippen LogP contribution >= 0.6 is 23.2 Å². The Labute approximate surface area is 133 Å². The quantitative estimate of drug-likeness (QED) is 0.730. The van der Waals surface area contributed by atoms with Gasteiger partial charge < -0.3 is 9.13 Å². The van der Waals surface area contributed by atoms with Gasteiger partial charge in [0.25, 0.3) is 0 Å². The molecule has 0 amide bonds. The Bertz CT molecular complexity index is 769. The lowest BCUT2D eigenvalue weighted by Crippen LogP contribution is -2.04. The smallest absolute Gasteiger partial charge is 0.106 e. The molecule has 0 unspecified atom stereocenters. The summed E-state index contributed by atoms with van der Waals surface area (Å²) in [6.45, 7) is 4.73. The van der Waals surface area contributed by atoms with E-state index in [1.54, 1.807) is 12.4 Å². The maximum atomic E-state index is 6.05. The van der Waals surface area contributed by atoms with Gasteiger partial charge in [0.15, 0.2) is 0 Å². The maximum absolute atomic E-state index is 6.05. The number of aromatic nitrogens is 4. The van der Waals surface area contributed by atoms with E-state index in [-0.39, 0.29) is 0 Å². The number of benzene rings is 1. The van der Waals surface area contributed by atoms with Crippen LogP contribution in [0.2, 0.25) is 10.0 Å². The first kappa shape index (κ1) is 14.2. The molecule has 0 spiro atoms. The fourth-order valence-corrected chi connectivity index (χ4v) is 2.51. The average Bonchev–Trinajstić information content (AvgIpc) is 3.04. The SMILES string of the molecule is Cc1cnc(C)n1Cc1cn(-c2ccc(Cl)c(Cl)c2)cn1. The highest BCUT2D eigenvalue weighted by molar-refractivity contribution is 6.42. The molecule has 0 fully saturated rings. The van der Waals surface area contributed by atoms with Crippen molar-refractivity contribution < 1.29 is 0 Å². The molecule has 4 nitrogen and oxygen atoms in total. The zero-order chi connectivity index (χ0) is 15.0. The van der Waals surface area contributed by atoms with Gasteiger partial charge >= 0.3 is 0 Å². The highest BCUT2D eigenvalue weighted by Crippen LogP contribution is 2.24. The third kappa shape index (κ3) is 2.82. The van der Waals surface area contributed by atoms with Crippen molar-refractivity contribution >= 4 is 23.2 Å². The van der Waals surface area contributed by atoms with Crippen LogP contribution in [0.3, 0.4) is 0 Å². The van der Waals surface area contributed by atoms with Crippen LogP contribution in [0.25, 0.3) is 5.69 Å². The lowest BCUT2D eigenvalue weighted by Gasteiger charge is -2.05. The molecular weight excluding hydrogens is 307 g/mol. The van der Waals surface area contributed by atoms with E-state index in [4.69, 9.17) is 23.2 Å². The zero-order valence-corrected chi connectivity index (χ0v) is 13.2. The van der Waals surface area contributed by atoms with Crippen molar-refractivity contribution in [2.24, 2.45) is 0 Å². The number of aryl methyl sites for hydroxylation is 2. The molecule has 0 aliphatic carbocycles. The highest BCUT2D eigenvalue weighted by atomic mass is 35.5. The van der Waals surface area contributed by atoms with Crippen LogP contribution in [0.1, 0.15) is 17.2 Å². The number of hydrogen-bond donors (Lipinski definition) is 0. The Morgan fingerprint density at radius 1 is 1.10 bits per heavy atom. The number of nitrogens with zero attached hydrogens (tertiary/aromatic N) is 4. The second-order valence-electron chi connectivity index (χ2n) is 4.90. The molecule has 21 heavy (non-hydrogen) atoms. The topological polar surface area (TPSA) is 35.6 Å². The van der Waals surface area contributed by atoms with E-state index < -0.39 is 0 Å². The van der Waals surface area contributed by atoms with Crippen molar-refractivity contribution in [3.8, 4) is 5.69 Å². The van der Waals surface area contributed by atoms with Crippen LogP contribution in [-0.2, 0) is 6.54 Å². The molecule has 0 aliphatic rings. The van der Waals surface area contributed by atoms with Gasteiger partial charge in [0.2, 0.25) is 0 Å². The fourth-order valence-electron chi connectivity index (χ4n) is 2.21. The first-order valence-corrected chi connectivity index (χ1v) is 7.27. The Kier molecular flexibility index (Phi) is 3.74. The number of rotatable bonds is 3. The Hall–Kier alpha value is -1.78. The maximum Gasteiger partial charge on any atom is 0.106 e. The summed E-state index contributed by atoms with van der Waals surface area (Å²) in [4.78, 5) is 8.73. The van der Waals surface area contributed by atoms with Crippen LogP contribution in [0, 0.1) is 13.8 Å². The minimum Gasteiger partial charge on any atom is -0.327 e. The third-order valence-corrected chi connectivity index (χ3v) is 4.15. The van der Waals surface area contributed by atoms with Crippen molar-refractivity contribution in [1.29, 1.82) is 0 Å². The van der Waals surface area contributed by atoms with E-state index in [9.17, 15) is 0 Å². The molecule has 6 heteroatoms. The number of hydrogen-bond acceptors (Lipinski definition) is 2. The Morgan fingerprint density at radius 3 is 2.57 bits per heavy atom. The Balaban J connectivity index is 1.88. The van der Waals surface area contributed by atoms with Crippen LogP contribution in [0.4, 0.5) is 0 Å². The van der Waals surface area contributed by atoms with Gasteiger partial charge in [-0.2, -0.15) is 0 Å². The van der Waals surface area contributed by atoms with Gasteiger partial charge in [-0.25, -0.2) is 9.97 Å². The second kappa shape index (κ2) is 5.54. The summed E-state index contributed by atoms with van der Waals surface area (Å²) in [6.07, 6.45) is 5.63. The summed E-state index contributed by atoms with van der Waals surface area (Å²) in [7, 11) is 0. The largest absolute Gasteiger partial charge is 0.327 e. The third-order valence-electron chi connectivity index (χ3n) is 3.41. The van der Waals surface area contributed by atoms with Crippen molar-refractivity contribution in [1.82, 2.24) is 19.1 Å². The molecule has 2 aromatic heterocycles. The first-order chi connectivity index (χ1) is 10.0. The van der Waals surface area contributed by atoms with Crippen LogP contribution in [0.5, 0.6) is 0 Å². The standard InChI is InChI=1S/C15H14Cl2N4/c1-10-6-18-11(2)21(10)8-12-7-20(9-19-12)13-3-4-14(16)15(17)5-13/h3-7,9H,8H2,1-2H3. The zero-order valence-electron chi connectivity index (χ0n) is 11.7. The summed E-state index contributed by atoms with van der Waals surface area (Å²) in [6, 6.07) is 5.51. The first-order valence-electron chi connectivity index (χ1n) is 6.51. The number of imidazole rings is 2. The molecule has 0 N–H and O–H groups in total. The van der Waals surface area contributed by atoms with E-state index in [0.717, 1.165) is 22.9 Å². The van der Waals surface area contributed by atoms with E-state index in [1.165, 1.54) is 0 Å². The van der Waals surface area contributed by atoms with E-state index in [0.29, 0.717) is 16.6 Å². The van der Waals surface area contributed by atoms with Crippen molar-refractivity contribution in [3.05, 3.63) is 64.2 Å². The van der Waals surface area contributed by atoms with E-state index in [1.807, 2.05) is 42.9 Å². The van der Waals surface area contributed by atoms with Gasteiger partial charge in [-0.05, 0) is 32.0 Å². The van der Waals surface area contributed by atoms with Crippen molar-refractivity contribution in [2.45, 2.75) is 20.4 Å². The van der Waals surface area contributed by atoms with Gasteiger partial charge in [0.1, 0.15) is 5.82 Å². The number of halogens is 2. The molecule has 0 saturated carbocycles. The molecule has 0 atom stereocenters. The molecule has 1 aromatic carbocycles. The van der Waals surface area contributed by atoms with Crippen LogP contribution < -0.4 is 0 Å². The van der Waals surface area contributed by atoms with Crippen molar-refractivity contribution in [3.63, 3.8) is 0 Å². The summed E-state index contributed by atoms with van der Waals surface area (Å²) in [5, 5.41) is 1.08. The van der Waals surface area contributed by atoms with Gasteiger partial charge in [-0.3, -0.25) is 0 Å². The van der Waals surface area contributed by atoms with Gasteiger partial charge in [0.05, 0.1) is 28.6 Å². The summed E-state index contributed by atoms with van der Waals surface area (Å²) in [5.41, 5.74) is 3.02. The van der Waals surface area contributed by atoms with Gasteiger partial charge in [-0.1, -0.05) is 23.2 Å². The second-order valence-corrected chi connectivity index (χ2v) is 5.72. The minimum atomic E-state index is 0.533. The highest BCUT2D eigenvalue weighted by Gasteiger charge is 2.07. The molecule has 0 radical (unpaired) electrons. The fraction of sp³-hybridized carbons (Fsp3) is 0.200. The lowest BCUT2D eigenvalue weighted by molar-refractivity contribution is 0.724. The molecule has 0 aliphatic heterocycles. The van der Waals surface area contributed by atoms with Crippen LogP contribution in [-0.4, -0.2) is 19.1 Å².